The van der Waals surface area contributed by atoms with E-state index in [9.17, 15) is 14.7 Å². The molecule has 2 N–H and O–H groups in total. The Morgan fingerprint density at radius 3 is 2.60 bits per heavy atom. The molecule has 0 fully saturated rings. The number of benzene rings is 1. The van der Waals surface area contributed by atoms with E-state index in [-0.39, 0.29) is 11.3 Å². The van der Waals surface area contributed by atoms with Crippen LogP contribution < -0.4 is 10.9 Å². The van der Waals surface area contributed by atoms with E-state index in [0.29, 0.717) is 23.1 Å². The maximum absolute atomic E-state index is 12.5. The van der Waals surface area contributed by atoms with E-state index in [2.05, 4.69) is 5.32 Å². The molecule has 0 bridgehead atoms. The first kappa shape index (κ1) is 18.7. The summed E-state index contributed by atoms with van der Waals surface area (Å²) in [6, 6.07) is 6.87. The van der Waals surface area contributed by atoms with Crippen molar-refractivity contribution < 1.29 is 19.4 Å². The Labute approximate surface area is 145 Å². The Kier molecular flexibility index (Phi) is 5.95. The standard InChI is InChI=1S/C18H22N2O5/c1-11(19-10-15(24-3)25-4)9-14(21)16-17(22)12-7-5-6-8-13(12)20(2)18(16)23/h5-9,15,19,22H,10H2,1-4H3/b11-9+. The Hall–Kier alpha value is -2.64. The number of hydrogen-bond acceptors (Lipinski definition) is 6. The molecule has 2 rings (SSSR count). The summed E-state index contributed by atoms with van der Waals surface area (Å²) in [6.07, 6.45) is 0.813. The lowest BCUT2D eigenvalue weighted by atomic mass is 10.1. The Bertz CT molecular complexity index is 866. The number of aromatic nitrogens is 1. The molecule has 0 amide bonds. The van der Waals surface area contributed by atoms with Crippen LogP contribution in [0.4, 0.5) is 0 Å². The van der Waals surface area contributed by atoms with Crippen LogP contribution in [-0.4, -0.2) is 42.5 Å². The Morgan fingerprint density at radius 1 is 1.32 bits per heavy atom. The number of pyridine rings is 1. The highest BCUT2D eigenvalue weighted by Crippen LogP contribution is 2.26. The van der Waals surface area contributed by atoms with Gasteiger partial charge in [-0.25, -0.2) is 0 Å². The number of fused-ring (bicyclic) bond motifs is 1. The number of nitrogens with one attached hydrogen (secondary N) is 1. The average molecular weight is 346 g/mol. The molecular formula is C18H22N2O5. The van der Waals surface area contributed by atoms with Crippen molar-refractivity contribution in [2.75, 3.05) is 20.8 Å². The molecule has 1 aromatic carbocycles. The van der Waals surface area contributed by atoms with Gasteiger partial charge in [-0.05, 0) is 19.1 Å². The van der Waals surface area contributed by atoms with Gasteiger partial charge in [-0.2, -0.15) is 0 Å². The summed E-state index contributed by atoms with van der Waals surface area (Å²) in [5.41, 5.74) is 0.288. The number of ketones is 1. The summed E-state index contributed by atoms with van der Waals surface area (Å²) in [5.74, 6) is -0.875. The van der Waals surface area contributed by atoms with E-state index in [0.717, 1.165) is 0 Å². The van der Waals surface area contributed by atoms with Crippen molar-refractivity contribution in [1.29, 1.82) is 0 Å². The molecule has 7 heteroatoms. The van der Waals surface area contributed by atoms with Gasteiger partial charge in [0.2, 0.25) is 0 Å². The summed E-state index contributed by atoms with van der Waals surface area (Å²) in [6.45, 7) is 2.02. The van der Waals surface area contributed by atoms with Crippen LogP contribution in [0.5, 0.6) is 5.75 Å². The van der Waals surface area contributed by atoms with Gasteiger partial charge < -0.3 is 24.5 Å². The first-order valence-corrected chi connectivity index (χ1v) is 7.73. The van der Waals surface area contributed by atoms with Crippen molar-refractivity contribution in [1.82, 2.24) is 9.88 Å². The van der Waals surface area contributed by atoms with E-state index < -0.39 is 17.6 Å². The number of allylic oxidation sites excluding steroid dienone is 2. The summed E-state index contributed by atoms with van der Waals surface area (Å²) < 4.78 is 11.5. The summed E-state index contributed by atoms with van der Waals surface area (Å²) >= 11 is 0. The van der Waals surface area contributed by atoms with Crippen molar-refractivity contribution in [3.8, 4) is 5.75 Å². The van der Waals surface area contributed by atoms with E-state index >= 15 is 0 Å². The van der Waals surface area contributed by atoms with Crippen LogP contribution in [0, 0.1) is 0 Å². The molecule has 0 saturated heterocycles. The van der Waals surface area contributed by atoms with Crippen LogP contribution >= 0.6 is 0 Å². The molecule has 0 spiro atoms. The van der Waals surface area contributed by atoms with Gasteiger partial charge in [0.1, 0.15) is 11.3 Å². The number of para-hydroxylation sites is 1. The zero-order valence-electron chi connectivity index (χ0n) is 14.7. The van der Waals surface area contributed by atoms with E-state index in [4.69, 9.17) is 9.47 Å². The van der Waals surface area contributed by atoms with Crippen LogP contribution in [0.3, 0.4) is 0 Å². The number of carbonyl (C=O) groups is 1. The molecule has 1 heterocycles. The zero-order valence-corrected chi connectivity index (χ0v) is 14.7. The molecule has 2 aromatic rings. The number of aryl methyl sites for hydroxylation is 1. The normalized spacial score (nSPS) is 12.0. The second-order valence-electron chi connectivity index (χ2n) is 5.58. The summed E-state index contributed by atoms with van der Waals surface area (Å²) in [4.78, 5) is 25.0. The third-order valence-corrected chi connectivity index (χ3v) is 3.94. The fourth-order valence-corrected chi connectivity index (χ4v) is 2.53. The van der Waals surface area contributed by atoms with Gasteiger partial charge in [0.05, 0.1) is 12.1 Å². The third kappa shape index (κ3) is 3.89. The number of methoxy groups -OCH3 is 2. The third-order valence-electron chi connectivity index (χ3n) is 3.94. The van der Waals surface area contributed by atoms with Gasteiger partial charge in [-0.1, -0.05) is 12.1 Å². The number of rotatable bonds is 7. The molecule has 7 nitrogen and oxygen atoms in total. The molecule has 0 aliphatic heterocycles. The molecule has 25 heavy (non-hydrogen) atoms. The Morgan fingerprint density at radius 2 is 1.96 bits per heavy atom. The second-order valence-corrected chi connectivity index (χ2v) is 5.58. The monoisotopic (exact) mass is 346 g/mol. The predicted octanol–water partition coefficient (Wildman–Crippen LogP) is 1.54. The fraction of sp³-hybridized carbons (Fsp3) is 0.333. The average Bonchev–Trinajstić information content (AvgIpc) is 2.60. The molecule has 0 aliphatic carbocycles. The molecule has 0 unspecified atom stereocenters. The van der Waals surface area contributed by atoms with Crippen LogP contribution in [0.2, 0.25) is 0 Å². The second kappa shape index (κ2) is 7.96. The van der Waals surface area contributed by atoms with Crippen LogP contribution in [-0.2, 0) is 16.5 Å². The number of hydrogen-bond donors (Lipinski definition) is 2. The molecule has 0 aliphatic rings. The SMILES string of the molecule is COC(CN/C(C)=C/C(=O)c1c(O)c2ccccc2n(C)c1=O)OC. The molecule has 0 radical (unpaired) electrons. The quantitative estimate of drug-likeness (QED) is 0.449. The van der Waals surface area contributed by atoms with Crippen molar-refractivity contribution in [2.45, 2.75) is 13.2 Å². The summed E-state index contributed by atoms with van der Waals surface area (Å²) in [7, 11) is 4.59. The lowest BCUT2D eigenvalue weighted by molar-refractivity contribution is -0.0975. The van der Waals surface area contributed by atoms with Crippen LogP contribution in [0.1, 0.15) is 17.3 Å². The first-order valence-electron chi connectivity index (χ1n) is 7.73. The van der Waals surface area contributed by atoms with Gasteiger partial charge in [0.25, 0.3) is 5.56 Å². The van der Waals surface area contributed by atoms with Gasteiger partial charge >= 0.3 is 0 Å². The maximum Gasteiger partial charge on any atom is 0.265 e. The van der Waals surface area contributed by atoms with E-state index in [1.165, 1.54) is 24.9 Å². The van der Waals surface area contributed by atoms with E-state index in [1.807, 2.05) is 0 Å². The number of ether oxygens (including phenoxy) is 2. The molecule has 1 aromatic heterocycles. The molecule has 0 saturated carbocycles. The minimum Gasteiger partial charge on any atom is -0.506 e. The first-order chi connectivity index (χ1) is 11.9. The van der Waals surface area contributed by atoms with E-state index in [1.54, 1.807) is 38.2 Å². The van der Waals surface area contributed by atoms with Gasteiger partial charge in [0, 0.05) is 38.4 Å². The summed E-state index contributed by atoms with van der Waals surface area (Å²) in [5, 5.41) is 13.8. The van der Waals surface area contributed by atoms with Gasteiger partial charge in [-0.3, -0.25) is 9.59 Å². The minimum absolute atomic E-state index is 0.252. The molecule has 134 valence electrons. The highest BCUT2D eigenvalue weighted by Gasteiger charge is 2.19. The van der Waals surface area contributed by atoms with Crippen molar-refractivity contribution in [2.24, 2.45) is 7.05 Å². The van der Waals surface area contributed by atoms with Crippen LogP contribution in [0.25, 0.3) is 10.9 Å². The number of carbonyl (C=O) groups excluding carboxylic acids is 1. The zero-order chi connectivity index (χ0) is 18.6. The minimum atomic E-state index is -0.569. The van der Waals surface area contributed by atoms with Crippen molar-refractivity contribution in [3.63, 3.8) is 0 Å². The lowest BCUT2D eigenvalue weighted by Crippen LogP contribution is -2.29. The lowest BCUT2D eigenvalue weighted by Gasteiger charge is -2.15. The molecular weight excluding hydrogens is 324 g/mol. The fourth-order valence-electron chi connectivity index (χ4n) is 2.53. The number of nitrogens with zero attached hydrogens (tertiary/aromatic N) is 1. The van der Waals surface area contributed by atoms with Crippen molar-refractivity contribution >= 4 is 16.7 Å². The van der Waals surface area contributed by atoms with Crippen LogP contribution in [0.15, 0.2) is 40.8 Å². The molecule has 0 atom stereocenters. The van der Waals surface area contributed by atoms with Gasteiger partial charge in [0.15, 0.2) is 12.1 Å². The largest absolute Gasteiger partial charge is 0.506 e. The number of aromatic hydroxyl groups is 1. The van der Waals surface area contributed by atoms with Gasteiger partial charge in [-0.15, -0.1) is 0 Å². The highest BCUT2D eigenvalue weighted by atomic mass is 16.7. The van der Waals surface area contributed by atoms with Crippen molar-refractivity contribution in [3.05, 3.63) is 52.0 Å². The maximum atomic E-state index is 12.5. The predicted molar refractivity (Wildman–Crippen MR) is 94.8 cm³/mol. The smallest absolute Gasteiger partial charge is 0.265 e. The Balaban J connectivity index is 2.36. The topological polar surface area (TPSA) is 89.8 Å². The highest BCUT2D eigenvalue weighted by molar-refractivity contribution is 6.09.